The van der Waals surface area contributed by atoms with Crippen molar-refractivity contribution >= 4 is 82.5 Å². The van der Waals surface area contributed by atoms with E-state index in [-0.39, 0.29) is 0 Å². The summed E-state index contributed by atoms with van der Waals surface area (Å²) in [6.07, 6.45) is 0. The minimum atomic E-state index is 0.861. The largest absolute Gasteiger partial charge is 0.456 e. The molecule has 2 aromatic heterocycles. The van der Waals surface area contributed by atoms with Crippen LogP contribution in [-0.2, 0) is 0 Å². The van der Waals surface area contributed by atoms with Crippen molar-refractivity contribution in [3.05, 3.63) is 188 Å². The molecule has 2 heterocycles. The Morgan fingerprint density at radius 3 is 1.91 bits per heavy atom. The minimum Gasteiger partial charge on any atom is -0.456 e. The maximum Gasteiger partial charge on any atom is 0.143 e. The van der Waals surface area contributed by atoms with E-state index in [1.807, 2.05) is 12.1 Å². The number of nitrogens with zero attached hydrogens (tertiary/aromatic N) is 1. The number of anilines is 3. The van der Waals surface area contributed by atoms with Crippen LogP contribution in [0.5, 0.6) is 0 Å². The highest BCUT2D eigenvalue weighted by Crippen LogP contribution is 2.45. The molecule has 0 bridgehead atoms. The standard InChI is InChI=1S/C50H31NO2/c1-2-12-35-30-36(23-22-32(35)10-1)33-24-27-38(28-25-33)51(44-18-9-21-47-49(44)42-16-5-6-19-45(42)52-47)39-14-7-13-37(31-39)40-17-8-20-46-48(40)43-29-26-34-11-3-4-15-41(34)50(43)53-46/h1-31H. The molecule has 248 valence electrons. The van der Waals surface area contributed by atoms with Crippen LogP contribution in [0.25, 0.3) is 87.7 Å². The Hall–Kier alpha value is -7.10. The van der Waals surface area contributed by atoms with Gasteiger partial charge in [-0.15, -0.1) is 0 Å². The molecule has 3 heteroatoms. The second-order valence-electron chi connectivity index (χ2n) is 13.7. The van der Waals surface area contributed by atoms with Crippen LogP contribution in [0, 0.1) is 0 Å². The maximum absolute atomic E-state index is 6.57. The average Bonchev–Trinajstić information content (AvgIpc) is 3.81. The first-order valence-electron chi connectivity index (χ1n) is 18.0. The average molecular weight is 678 g/mol. The fourth-order valence-corrected chi connectivity index (χ4v) is 8.15. The Kier molecular flexibility index (Phi) is 6.55. The lowest BCUT2D eigenvalue weighted by atomic mass is 9.97. The zero-order valence-corrected chi connectivity index (χ0v) is 28.7. The first-order chi connectivity index (χ1) is 26.3. The molecule has 0 aliphatic rings. The van der Waals surface area contributed by atoms with Gasteiger partial charge in [-0.2, -0.15) is 0 Å². The van der Waals surface area contributed by atoms with E-state index in [4.69, 9.17) is 8.83 Å². The molecule has 0 amide bonds. The number of hydrogen-bond donors (Lipinski definition) is 0. The molecule has 0 unspecified atom stereocenters. The number of rotatable bonds is 5. The number of benzene rings is 9. The van der Waals surface area contributed by atoms with Crippen molar-refractivity contribution in [2.24, 2.45) is 0 Å². The van der Waals surface area contributed by atoms with Gasteiger partial charge in [0, 0.05) is 32.9 Å². The van der Waals surface area contributed by atoms with Crippen molar-refractivity contribution in [1.82, 2.24) is 0 Å². The summed E-state index contributed by atoms with van der Waals surface area (Å²) in [6, 6.07) is 66.8. The normalized spacial score (nSPS) is 11.8. The van der Waals surface area contributed by atoms with Gasteiger partial charge in [-0.1, -0.05) is 127 Å². The number of fused-ring (bicyclic) bond motifs is 9. The molecule has 11 rings (SSSR count). The molecule has 0 saturated heterocycles. The quantitative estimate of drug-likeness (QED) is 0.182. The molecule has 53 heavy (non-hydrogen) atoms. The minimum absolute atomic E-state index is 0.861. The van der Waals surface area contributed by atoms with E-state index >= 15 is 0 Å². The predicted molar refractivity (Wildman–Crippen MR) is 222 cm³/mol. The first-order valence-corrected chi connectivity index (χ1v) is 18.0. The summed E-state index contributed by atoms with van der Waals surface area (Å²) >= 11 is 0. The van der Waals surface area contributed by atoms with Crippen LogP contribution < -0.4 is 4.90 Å². The molecular formula is C50H31NO2. The Morgan fingerprint density at radius 2 is 1.02 bits per heavy atom. The topological polar surface area (TPSA) is 29.5 Å². The molecule has 0 atom stereocenters. The fraction of sp³-hybridized carbons (Fsp3) is 0. The summed E-state index contributed by atoms with van der Waals surface area (Å²) in [7, 11) is 0. The van der Waals surface area contributed by atoms with Gasteiger partial charge in [0.05, 0.1) is 11.1 Å². The summed E-state index contributed by atoms with van der Waals surface area (Å²) in [5, 5.41) is 9.20. The van der Waals surface area contributed by atoms with E-state index in [1.165, 1.54) is 27.3 Å². The van der Waals surface area contributed by atoms with Gasteiger partial charge in [0.1, 0.15) is 22.3 Å². The van der Waals surface area contributed by atoms with E-state index in [0.717, 1.165) is 77.5 Å². The van der Waals surface area contributed by atoms with Gasteiger partial charge >= 0.3 is 0 Å². The smallest absolute Gasteiger partial charge is 0.143 e. The number of furan rings is 2. The Bertz CT molecular complexity index is 3180. The van der Waals surface area contributed by atoms with Crippen molar-refractivity contribution < 1.29 is 8.83 Å². The first kappa shape index (κ1) is 29.6. The molecule has 0 saturated carbocycles. The third-order valence-corrected chi connectivity index (χ3v) is 10.6. The monoisotopic (exact) mass is 677 g/mol. The van der Waals surface area contributed by atoms with Crippen molar-refractivity contribution in [1.29, 1.82) is 0 Å². The van der Waals surface area contributed by atoms with Crippen molar-refractivity contribution in [2.45, 2.75) is 0 Å². The number of para-hydroxylation sites is 1. The van der Waals surface area contributed by atoms with E-state index in [1.54, 1.807) is 0 Å². The lowest BCUT2D eigenvalue weighted by molar-refractivity contribution is 0.669. The van der Waals surface area contributed by atoms with Gasteiger partial charge in [0.25, 0.3) is 0 Å². The number of hydrogen-bond acceptors (Lipinski definition) is 3. The van der Waals surface area contributed by atoms with Crippen LogP contribution in [0.2, 0.25) is 0 Å². The van der Waals surface area contributed by atoms with E-state index < -0.39 is 0 Å². The van der Waals surface area contributed by atoms with Crippen LogP contribution in [0.4, 0.5) is 17.1 Å². The zero-order chi connectivity index (χ0) is 34.9. The van der Waals surface area contributed by atoms with Crippen LogP contribution in [-0.4, -0.2) is 0 Å². The highest BCUT2D eigenvalue weighted by atomic mass is 16.3. The van der Waals surface area contributed by atoms with Gasteiger partial charge in [-0.05, 0) is 99.1 Å². The molecule has 0 spiro atoms. The van der Waals surface area contributed by atoms with Crippen LogP contribution >= 0.6 is 0 Å². The molecule has 11 aromatic rings. The Morgan fingerprint density at radius 1 is 0.340 bits per heavy atom. The van der Waals surface area contributed by atoms with Gasteiger partial charge in [0.15, 0.2) is 0 Å². The van der Waals surface area contributed by atoms with Crippen molar-refractivity contribution in [3.8, 4) is 22.3 Å². The van der Waals surface area contributed by atoms with Gasteiger partial charge in [-0.3, -0.25) is 0 Å². The molecular weight excluding hydrogens is 647 g/mol. The summed E-state index contributed by atoms with van der Waals surface area (Å²) in [6.45, 7) is 0. The van der Waals surface area contributed by atoms with Gasteiger partial charge < -0.3 is 13.7 Å². The highest BCUT2D eigenvalue weighted by Gasteiger charge is 2.21. The second-order valence-corrected chi connectivity index (χ2v) is 13.7. The zero-order valence-electron chi connectivity index (χ0n) is 28.7. The molecule has 0 aliphatic carbocycles. The third-order valence-electron chi connectivity index (χ3n) is 10.6. The van der Waals surface area contributed by atoms with Crippen LogP contribution in [0.1, 0.15) is 0 Å². The van der Waals surface area contributed by atoms with E-state index in [2.05, 4.69) is 181 Å². The predicted octanol–water partition coefficient (Wildman–Crippen LogP) is 14.6. The Balaban J connectivity index is 1.10. The van der Waals surface area contributed by atoms with Crippen molar-refractivity contribution in [2.75, 3.05) is 4.90 Å². The highest BCUT2D eigenvalue weighted by molar-refractivity contribution is 6.19. The van der Waals surface area contributed by atoms with Crippen LogP contribution in [0.3, 0.4) is 0 Å². The van der Waals surface area contributed by atoms with Crippen molar-refractivity contribution in [3.63, 3.8) is 0 Å². The maximum atomic E-state index is 6.57. The summed E-state index contributed by atoms with van der Waals surface area (Å²) in [5.74, 6) is 0. The molecule has 9 aromatic carbocycles. The molecule has 0 aliphatic heterocycles. The van der Waals surface area contributed by atoms with Crippen LogP contribution in [0.15, 0.2) is 197 Å². The summed E-state index contributed by atoms with van der Waals surface area (Å²) < 4.78 is 13.0. The molecule has 0 radical (unpaired) electrons. The van der Waals surface area contributed by atoms with Gasteiger partial charge in [0.2, 0.25) is 0 Å². The molecule has 0 N–H and O–H groups in total. The van der Waals surface area contributed by atoms with Gasteiger partial charge in [-0.25, -0.2) is 0 Å². The molecule has 3 nitrogen and oxygen atoms in total. The lowest BCUT2D eigenvalue weighted by Gasteiger charge is -2.27. The summed E-state index contributed by atoms with van der Waals surface area (Å²) in [4.78, 5) is 2.36. The molecule has 0 fully saturated rings. The third kappa shape index (κ3) is 4.75. The van der Waals surface area contributed by atoms with E-state index in [9.17, 15) is 0 Å². The Labute approximate surface area is 305 Å². The summed E-state index contributed by atoms with van der Waals surface area (Å²) in [5.41, 5.74) is 11.3. The second kappa shape index (κ2) is 11.7. The van der Waals surface area contributed by atoms with E-state index in [0.29, 0.717) is 0 Å². The lowest BCUT2D eigenvalue weighted by Crippen LogP contribution is -2.10. The SMILES string of the molecule is c1cc(-c2cccc3oc4c5ccccc5ccc4c23)cc(N(c2ccc(-c3ccc4ccccc4c3)cc2)c2cccc3oc4ccccc4c23)c1. The fourth-order valence-electron chi connectivity index (χ4n) is 8.15.